The van der Waals surface area contributed by atoms with E-state index >= 15 is 0 Å². The predicted molar refractivity (Wildman–Crippen MR) is 107 cm³/mol. The fraction of sp³-hybridized carbons (Fsp3) is 0.409. The molecule has 0 saturated heterocycles. The van der Waals surface area contributed by atoms with Crippen molar-refractivity contribution in [3.8, 4) is 17.2 Å². The van der Waals surface area contributed by atoms with Gasteiger partial charge in [0.2, 0.25) is 0 Å². The molecule has 0 aliphatic carbocycles. The molecular formula is C22H29NO4. The highest BCUT2D eigenvalue weighted by molar-refractivity contribution is 5.80. The van der Waals surface area contributed by atoms with Gasteiger partial charge in [-0.25, -0.2) is 0 Å². The molecule has 1 amide bonds. The van der Waals surface area contributed by atoms with E-state index in [2.05, 4.69) is 11.4 Å². The van der Waals surface area contributed by atoms with Crippen molar-refractivity contribution in [2.24, 2.45) is 0 Å². The zero-order chi connectivity index (χ0) is 19.8. The normalized spacial score (nSPS) is 11.6. The van der Waals surface area contributed by atoms with Crippen molar-refractivity contribution in [2.75, 3.05) is 20.8 Å². The standard InChI is InChI=1S/C22H29NO4/c1-15-11-16(2)13-19(12-15)27-17(3)22(24)23-10-6-7-18-8-9-20(25-4)21(14-18)26-5/h8-9,11-14,17H,6-7,10H2,1-5H3,(H,23,24)/t17-/m0/s1. The Balaban J connectivity index is 1.78. The third-order valence-electron chi connectivity index (χ3n) is 4.27. The Kier molecular flexibility index (Phi) is 7.53. The minimum Gasteiger partial charge on any atom is -0.493 e. The van der Waals surface area contributed by atoms with E-state index in [0.717, 1.165) is 41.0 Å². The maximum absolute atomic E-state index is 12.2. The molecule has 2 aromatic rings. The van der Waals surface area contributed by atoms with Gasteiger partial charge < -0.3 is 19.5 Å². The van der Waals surface area contributed by atoms with Crippen LogP contribution in [0.25, 0.3) is 0 Å². The molecule has 1 N–H and O–H groups in total. The first-order valence-electron chi connectivity index (χ1n) is 9.16. The average Bonchev–Trinajstić information content (AvgIpc) is 2.63. The van der Waals surface area contributed by atoms with E-state index in [9.17, 15) is 4.79 Å². The number of hydrogen-bond donors (Lipinski definition) is 1. The van der Waals surface area contributed by atoms with E-state index in [4.69, 9.17) is 14.2 Å². The minimum absolute atomic E-state index is 0.110. The van der Waals surface area contributed by atoms with E-state index < -0.39 is 6.10 Å². The highest BCUT2D eigenvalue weighted by Gasteiger charge is 2.14. The van der Waals surface area contributed by atoms with Crippen LogP contribution in [0.1, 0.15) is 30.0 Å². The minimum atomic E-state index is -0.535. The lowest BCUT2D eigenvalue weighted by Gasteiger charge is -2.16. The monoisotopic (exact) mass is 371 g/mol. The molecule has 0 aromatic heterocycles. The molecule has 146 valence electrons. The van der Waals surface area contributed by atoms with Crippen molar-refractivity contribution in [2.45, 2.75) is 39.7 Å². The second kappa shape index (κ2) is 9.86. The number of carbonyl (C=O) groups is 1. The molecule has 5 nitrogen and oxygen atoms in total. The molecule has 0 aliphatic heterocycles. The first-order chi connectivity index (χ1) is 12.9. The second-order valence-corrected chi connectivity index (χ2v) is 6.67. The summed E-state index contributed by atoms with van der Waals surface area (Å²) in [6, 6.07) is 11.8. The van der Waals surface area contributed by atoms with Crippen LogP contribution in [-0.2, 0) is 11.2 Å². The maximum atomic E-state index is 12.2. The molecule has 0 saturated carbocycles. The highest BCUT2D eigenvalue weighted by Crippen LogP contribution is 2.27. The molecule has 27 heavy (non-hydrogen) atoms. The molecule has 0 spiro atoms. The van der Waals surface area contributed by atoms with Crippen LogP contribution in [0.4, 0.5) is 0 Å². The van der Waals surface area contributed by atoms with Crippen LogP contribution in [0.15, 0.2) is 36.4 Å². The molecule has 0 bridgehead atoms. The first-order valence-corrected chi connectivity index (χ1v) is 9.16. The lowest BCUT2D eigenvalue weighted by atomic mass is 10.1. The van der Waals surface area contributed by atoms with Crippen LogP contribution >= 0.6 is 0 Å². The van der Waals surface area contributed by atoms with Crippen molar-refractivity contribution in [3.63, 3.8) is 0 Å². The SMILES string of the molecule is COc1ccc(CCCNC(=O)[C@H](C)Oc2cc(C)cc(C)c2)cc1OC. The van der Waals surface area contributed by atoms with Gasteiger partial charge in [0.05, 0.1) is 14.2 Å². The molecule has 0 heterocycles. The molecule has 2 rings (SSSR count). The van der Waals surface area contributed by atoms with Gasteiger partial charge in [0.1, 0.15) is 5.75 Å². The number of carbonyl (C=O) groups excluding carboxylic acids is 1. The van der Waals surface area contributed by atoms with Crippen molar-refractivity contribution >= 4 is 5.91 Å². The fourth-order valence-electron chi connectivity index (χ4n) is 2.94. The number of aryl methyl sites for hydroxylation is 3. The molecule has 0 aliphatic rings. The van der Waals surface area contributed by atoms with Gasteiger partial charge in [0, 0.05) is 6.54 Å². The molecule has 0 unspecified atom stereocenters. The summed E-state index contributed by atoms with van der Waals surface area (Å²) >= 11 is 0. The number of rotatable bonds is 9. The smallest absolute Gasteiger partial charge is 0.260 e. The Morgan fingerprint density at radius 3 is 2.30 bits per heavy atom. The highest BCUT2D eigenvalue weighted by atomic mass is 16.5. The summed E-state index contributed by atoms with van der Waals surface area (Å²) in [5.74, 6) is 2.04. The summed E-state index contributed by atoms with van der Waals surface area (Å²) in [6.45, 7) is 6.38. The molecular weight excluding hydrogens is 342 g/mol. The number of hydrogen-bond acceptors (Lipinski definition) is 4. The summed E-state index contributed by atoms with van der Waals surface area (Å²) in [6.07, 6.45) is 1.14. The van der Waals surface area contributed by atoms with Crippen molar-refractivity contribution in [1.29, 1.82) is 0 Å². The summed E-state index contributed by atoms with van der Waals surface area (Å²) < 4.78 is 16.3. The number of ether oxygens (including phenoxy) is 3. The van der Waals surface area contributed by atoms with Gasteiger partial charge in [0.15, 0.2) is 17.6 Å². The van der Waals surface area contributed by atoms with Crippen LogP contribution < -0.4 is 19.5 Å². The van der Waals surface area contributed by atoms with E-state index in [1.165, 1.54) is 0 Å². The Morgan fingerprint density at radius 2 is 1.67 bits per heavy atom. The lowest BCUT2D eigenvalue weighted by Crippen LogP contribution is -2.37. The second-order valence-electron chi connectivity index (χ2n) is 6.67. The van der Waals surface area contributed by atoms with Gasteiger partial charge in [-0.2, -0.15) is 0 Å². The topological polar surface area (TPSA) is 56.8 Å². The molecule has 5 heteroatoms. The zero-order valence-corrected chi connectivity index (χ0v) is 16.8. The van der Waals surface area contributed by atoms with Crippen molar-refractivity contribution < 1.29 is 19.0 Å². The quantitative estimate of drug-likeness (QED) is 0.681. The summed E-state index contributed by atoms with van der Waals surface area (Å²) in [5, 5.41) is 2.93. The number of nitrogens with one attached hydrogen (secondary N) is 1. The average molecular weight is 371 g/mol. The van der Waals surface area contributed by atoms with Gasteiger partial charge in [-0.15, -0.1) is 0 Å². The third-order valence-corrected chi connectivity index (χ3v) is 4.27. The van der Waals surface area contributed by atoms with Crippen LogP contribution in [0.5, 0.6) is 17.2 Å². The number of methoxy groups -OCH3 is 2. The van der Waals surface area contributed by atoms with Gasteiger partial charge in [-0.1, -0.05) is 12.1 Å². The van der Waals surface area contributed by atoms with E-state index in [-0.39, 0.29) is 5.91 Å². The summed E-state index contributed by atoms with van der Waals surface area (Å²) in [7, 11) is 3.24. The Morgan fingerprint density at radius 1 is 1.00 bits per heavy atom. The number of benzene rings is 2. The molecule has 2 aromatic carbocycles. The molecule has 0 fully saturated rings. The van der Waals surface area contributed by atoms with E-state index in [1.807, 2.05) is 44.2 Å². The van der Waals surface area contributed by atoms with Crippen molar-refractivity contribution in [3.05, 3.63) is 53.1 Å². The van der Waals surface area contributed by atoms with E-state index in [1.54, 1.807) is 21.1 Å². The van der Waals surface area contributed by atoms with Gasteiger partial charge in [-0.3, -0.25) is 4.79 Å². The Bertz CT molecular complexity index is 753. The molecule has 0 radical (unpaired) electrons. The van der Waals surface area contributed by atoms with Crippen LogP contribution in [0.2, 0.25) is 0 Å². The molecule has 1 atom stereocenters. The Hall–Kier alpha value is -2.69. The van der Waals surface area contributed by atoms with Gasteiger partial charge in [-0.05, 0) is 74.6 Å². The van der Waals surface area contributed by atoms with Crippen molar-refractivity contribution in [1.82, 2.24) is 5.32 Å². The predicted octanol–water partition coefficient (Wildman–Crippen LogP) is 3.84. The number of amides is 1. The summed E-state index contributed by atoms with van der Waals surface area (Å²) in [5.41, 5.74) is 3.38. The van der Waals surface area contributed by atoms with Crippen LogP contribution in [0, 0.1) is 13.8 Å². The maximum Gasteiger partial charge on any atom is 0.260 e. The largest absolute Gasteiger partial charge is 0.493 e. The van der Waals surface area contributed by atoms with Crippen LogP contribution in [-0.4, -0.2) is 32.8 Å². The third kappa shape index (κ3) is 6.20. The first kappa shape index (κ1) is 20.6. The van der Waals surface area contributed by atoms with Gasteiger partial charge >= 0.3 is 0 Å². The fourth-order valence-corrected chi connectivity index (χ4v) is 2.94. The van der Waals surface area contributed by atoms with Gasteiger partial charge in [0.25, 0.3) is 5.91 Å². The Labute approximate surface area is 161 Å². The lowest BCUT2D eigenvalue weighted by molar-refractivity contribution is -0.127. The van der Waals surface area contributed by atoms with E-state index in [0.29, 0.717) is 12.3 Å². The summed E-state index contributed by atoms with van der Waals surface area (Å²) in [4.78, 5) is 12.2. The zero-order valence-electron chi connectivity index (χ0n) is 16.8. The van der Waals surface area contributed by atoms with Crippen LogP contribution in [0.3, 0.4) is 0 Å².